The molecule has 0 aliphatic rings. The molecule has 0 saturated heterocycles. The highest BCUT2D eigenvalue weighted by Gasteiger charge is 2.03. The summed E-state index contributed by atoms with van der Waals surface area (Å²) in [6, 6.07) is 0. The number of esters is 2. The fourth-order valence-electron chi connectivity index (χ4n) is 2.23. The molecule has 0 aromatic rings. The number of hydrogen-bond acceptors (Lipinski definition) is 6. The highest BCUT2D eigenvalue weighted by molar-refractivity contribution is 5.91. The average Bonchev–Trinajstić information content (AvgIpc) is 2.60. The molecule has 0 saturated carbocycles. The molecule has 0 N–H and O–H groups in total. The van der Waals surface area contributed by atoms with Gasteiger partial charge in [-0.3, -0.25) is 0 Å². The minimum Gasteiger partial charge on any atom is -0.462 e. The van der Waals surface area contributed by atoms with Crippen LogP contribution in [0.15, 0.2) is 12.2 Å². The molecule has 0 fully saturated rings. The summed E-state index contributed by atoms with van der Waals surface area (Å²) in [5.74, 6) is -1.01. The topological polar surface area (TPSA) is 59.1 Å². The van der Waals surface area contributed by atoms with E-state index in [1.165, 1.54) is 0 Å². The monoisotopic (exact) mass is 342 g/mol. The first-order valence-electron chi connectivity index (χ1n) is 9.03. The normalized spacial score (nSPS) is 11.4. The standard InChI is InChI=1S/C18H34N2O4/c1-5-19(6-2)13-9-15-23-17(21)11-12-18(22)24-16-10-14-20(7-3)8-4/h11-12H,5-10,13-16H2,1-4H3/b12-11+. The highest BCUT2D eigenvalue weighted by Crippen LogP contribution is 1.94. The number of carbonyl (C=O) groups excluding carboxylic acids is 2. The van der Waals surface area contributed by atoms with Gasteiger partial charge in [-0.15, -0.1) is 0 Å². The lowest BCUT2D eigenvalue weighted by atomic mass is 10.4. The van der Waals surface area contributed by atoms with Gasteiger partial charge in [-0.25, -0.2) is 9.59 Å². The van der Waals surface area contributed by atoms with Gasteiger partial charge in [-0.1, -0.05) is 27.7 Å². The van der Waals surface area contributed by atoms with E-state index in [2.05, 4.69) is 37.5 Å². The summed E-state index contributed by atoms with van der Waals surface area (Å²) in [7, 11) is 0. The molecule has 0 amide bonds. The number of carbonyl (C=O) groups is 2. The van der Waals surface area contributed by atoms with E-state index in [1.54, 1.807) is 0 Å². The molecule has 0 aliphatic heterocycles. The van der Waals surface area contributed by atoms with Gasteiger partial charge in [0, 0.05) is 25.2 Å². The van der Waals surface area contributed by atoms with Crippen LogP contribution in [0.4, 0.5) is 0 Å². The first-order valence-corrected chi connectivity index (χ1v) is 9.03. The van der Waals surface area contributed by atoms with Crippen LogP contribution in [-0.4, -0.2) is 74.2 Å². The molecular weight excluding hydrogens is 308 g/mol. The van der Waals surface area contributed by atoms with Crippen molar-refractivity contribution in [3.05, 3.63) is 12.2 Å². The first kappa shape index (κ1) is 22.6. The van der Waals surface area contributed by atoms with Crippen LogP contribution < -0.4 is 0 Å². The molecular formula is C18H34N2O4. The lowest BCUT2D eigenvalue weighted by Crippen LogP contribution is -2.25. The predicted molar refractivity (Wildman–Crippen MR) is 95.9 cm³/mol. The van der Waals surface area contributed by atoms with Crippen molar-refractivity contribution in [1.29, 1.82) is 0 Å². The number of rotatable bonds is 14. The largest absolute Gasteiger partial charge is 0.462 e. The third-order valence-electron chi connectivity index (χ3n) is 3.87. The van der Waals surface area contributed by atoms with Crippen LogP contribution >= 0.6 is 0 Å². The van der Waals surface area contributed by atoms with E-state index in [4.69, 9.17) is 9.47 Å². The molecule has 0 spiro atoms. The van der Waals surface area contributed by atoms with E-state index >= 15 is 0 Å². The Kier molecular flexibility index (Phi) is 14.3. The van der Waals surface area contributed by atoms with Crippen LogP contribution in [0.3, 0.4) is 0 Å². The van der Waals surface area contributed by atoms with Gasteiger partial charge >= 0.3 is 11.9 Å². The minimum atomic E-state index is -0.505. The van der Waals surface area contributed by atoms with Crippen molar-refractivity contribution in [3.8, 4) is 0 Å². The molecule has 0 aliphatic carbocycles. The molecule has 0 unspecified atom stereocenters. The maximum absolute atomic E-state index is 11.5. The minimum absolute atomic E-state index is 0.360. The Balaban J connectivity index is 3.75. The van der Waals surface area contributed by atoms with E-state index in [0.717, 1.165) is 64.3 Å². The Hall–Kier alpha value is -1.40. The summed E-state index contributed by atoms with van der Waals surface area (Å²) in [5.41, 5.74) is 0. The summed E-state index contributed by atoms with van der Waals surface area (Å²) in [6.45, 7) is 14.9. The molecule has 24 heavy (non-hydrogen) atoms. The molecule has 0 heterocycles. The summed E-state index contributed by atoms with van der Waals surface area (Å²) < 4.78 is 10.1. The second-order valence-corrected chi connectivity index (χ2v) is 5.43. The molecule has 0 atom stereocenters. The fourth-order valence-corrected chi connectivity index (χ4v) is 2.23. The lowest BCUT2D eigenvalue weighted by molar-refractivity contribution is -0.140. The van der Waals surface area contributed by atoms with Crippen LogP contribution in [0.2, 0.25) is 0 Å². The number of nitrogens with zero attached hydrogens (tertiary/aromatic N) is 2. The SMILES string of the molecule is CCN(CC)CCCOC(=O)/C=C/C(=O)OCCCN(CC)CC. The van der Waals surface area contributed by atoms with Crippen molar-refractivity contribution in [2.24, 2.45) is 0 Å². The van der Waals surface area contributed by atoms with E-state index in [1.807, 2.05) is 0 Å². The first-order chi connectivity index (χ1) is 11.6. The van der Waals surface area contributed by atoms with Gasteiger partial charge in [0.25, 0.3) is 0 Å². The molecule has 6 nitrogen and oxygen atoms in total. The Bertz CT molecular complexity index is 330. The zero-order valence-corrected chi connectivity index (χ0v) is 15.8. The molecule has 0 rings (SSSR count). The molecule has 0 aromatic carbocycles. The van der Waals surface area contributed by atoms with Gasteiger partial charge < -0.3 is 19.3 Å². The van der Waals surface area contributed by atoms with Crippen LogP contribution in [-0.2, 0) is 19.1 Å². The summed E-state index contributed by atoms with van der Waals surface area (Å²) in [6.07, 6.45) is 3.84. The maximum Gasteiger partial charge on any atom is 0.331 e. The summed E-state index contributed by atoms with van der Waals surface area (Å²) in [4.78, 5) is 27.5. The molecule has 0 radical (unpaired) electrons. The van der Waals surface area contributed by atoms with Crippen LogP contribution in [0.1, 0.15) is 40.5 Å². The van der Waals surface area contributed by atoms with Crippen molar-refractivity contribution in [3.63, 3.8) is 0 Å². The Morgan fingerprint density at radius 1 is 0.708 bits per heavy atom. The predicted octanol–water partition coefficient (Wildman–Crippen LogP) is 2.09. The maximum atomic E-state index is 11.5. The van der Waals surface area contributed by atoms with Crippen molar-refractivity contribution in [2.75, 3.05) is 52.5 Å². The Morgan fingerprint density at radius 2 is 1.04 bits per heavy atom. The second kappa shape index (κ2) is 15.1. The smallest absolute Gasteiger partial charge is 0.331 e. The van der Waals surface area contributed by atoms with Gasteiger partial charge in [-0.05, 0) is 39.0 Å². The second-order valence-electron chi connectivity index (χ2n) is 5.43. The van der Waals surface area contributed by atoms with Gasteiger partial charge in [0.1, 0.15) is 0 Å². The quantitative estimate of drug-likeness (QED) is 0.274. The van der Waals surface area contributed by atoms with Gasteiger partial charge in [-0.2, -0.15) is 0 Å². The Labute approximate surface area is 146 Å². The summed E-state index contributed by atoms with van der Waals surface area (Å²) in [5, 5.41) is 0. The van der Waals surface area contributed by atoms with Crippen molar-refractivity contribution < 1.29 is 19.1 Å². The van der Waals surface area contributed by atoms with Crippen molar-refractivity contribution in [2.45, 2.75) is 40.5 Å². The number of hydrogen-bond donors (Lipinski definition) is 0. The zero-order valence-electron chi connectivity index (χ0n) is 15.8. The fraction of sp³-hybridized carbons (Fsp3) is 0.778. The van der Waals surface area contributed by atoms with E-state index < -0.39 is 11.9 Å². The third-order valence-corrected chi connectivity index (χ3v) is 3.87. The third kappa shape index (κ3) is 12.1. The van der Waals surface area contributed by atoms with Crippen molar-refractivity contribution >= 4 is 11.9 Å². The molecule has 6 heteroatoms. The van der Waals surface area contributed by atoms with Gasteiger partial charge in [0.2, 0.25) is 0 Å². The Morgan fingerprint density at radius 3 is 1.33 bits per heavy atom. The van der Waals surface area contributed by atoms with Crippen molar-refractivity contribution in [1.82, 2.24) is 9.80 Å². The van der Waals surface area contributed by atoms with Crippen LogP contribution in [0.25, 0.3) is 0 Å². The van der Waals surface area contributed by atoms with Gasteiger partial charge in [0.15, 0.2) is 0 Å². The molecule has 140 valence electrons. The zero-order chi connectivity index (χ0) is 18.2. The van der Waals surface area contributed by atoms with E-state index in [0.29, 0.717) is 13.2 Å². The molecule has 0 bridgehead atoms. The van der Waals surface area contributed by atoms with Crippen LogP contribution in [0.5, 0.6) is 0 Å². The summed E-state index contributed by atoms with van der Waals surface area (Å²) >= 11 is 0. The van der Waals surface area contributed by atoms with E-state index in [-0.39, 0.29) is 0 Å². The van der Waals surface area contributed by atoms with E-state index in [9.17, 15) is 9.59 Å². The number of ether oxygens (including phenoxy) is 2. The van der Waals surface area contributed by atoms with Crippen LogP contribution in [0, 0.1) is 0 Å². The lowest BCUT2D eigenvalue weighted by Gasteiger charge is -2.17. The average molecular weight is 342 g/mol. The highest BCUT2D eigenvalue weighted by atomic mass is 16.5. The molecule has 0 aromatic heterocycles. The van der Waals surface area contributed by atoms with Gasteiger partial charge in [0.05, 0.1) is 13.2 Å².